The number of non-ortho nitro benzene ring substituents is 1. The molecule has 0 heterocycles. The zero-order valence-electron chi connectivity index (χ0n) is 8.20. The summed E-state index contributed by atoms with van der Waals surface area (Å²) in [5.41, 5.74) is 4.44. The van der Waals surface area contributed by atoms with Crippen molar-refractivity contribution in [3.63, 3.8) is 0 Å². The minimum Gasteiger partial charge on any atom is -0.384 e. The monoisotopic (exact) mass is 230 g/mol. The smallest absolute Gasteiger partial charge is 0.271 e. The predicted octanol–water partition coefficient (Wildman–Crippen LogP) is 1.29. The lowest BCUT2D eigenvalue weighted by Crippen LogP contribution is -2.50. The highest BCUT2D eigenvalue weighted by atomic mass is 35.5. The average molecular weight is 231 g/mol. The van der Waals surface area contributed by atoms with Gasteiger partial charge in [-0.15, -0.1) is 0 Å². The van der Waals surface area contributed by atoms with Crippen LogP contribution in [0.15, 0.2) is 18.2 Å². The number of hydrogen-bond acceptors (Lipinski definition) is 3. The minimum absolute atomic E-state index is 0.00251. The average Bonchev–Trinajstić information content (AvgIpc) is 2.20. The van der Waals surface area contributed by atoms with Gasteiger partial charge < -0.3 is 11.1 Å². The Morgan fingerprint density at radius 2 is 2.27 bits per heavy atom. The molecule has 0 atom stereocenters. The van der Waals surface area contributed by atoms with Crippen LogP contribution in [0, 0.1) is 10.1 Å². The Bertz CT molecular complexity index is 357. The highest BCUT2D eigenvalue weighted by Crippen LogP contribution is 2.26. The summed E-state index contributed by atoms with van der Waals surface area (Å²) in [6, 6.07) is 4.38. The molecule has 82 valence electrons. The molecule has 0 spiro atoms. The van der Waals surface area contributed by atoms with Gasteiger partial charge in [-0.25, -0.2) is 0 Å². The number of nitrogens with zero attached hydrogens (tertiary/aromatic N) is 1. The van der Waals surface area contributed by atoms with Gasteiger partial charge >= 0.3 is 0 Å². The molecule has 1 aromatic carbocycles. The van der Waals surface area contributed by atoms with Gasteiger partial charge in [-0.2, -0.15) is 0 Å². The van der Waals surface area contributed by atoms with Gasteiger partial charge in [0.05, 0.1) is 22.2 Å². The Morgan fingerprint density at radius 1 is 1.53 bits per heavy atom. The van der Waals surface area contributed by atoms with Gasteiger partial charge in [-0.3, -0.25) is 10.1 Å². The van der Waals surface area contributed by atoms with Crippen molar-refractivity contribution in [1.29, 1.82) is 0 Å². The predicted molar refractivity (Wildman–Crippen MR) is 59.0 cm³/mol. The fourth-order valence-corrected chi connectivity index (χ4v) is 1.35. The standard InChI is InChI=1S/C9H12ClN3O2/c10-8-6-7(13(14)15)2-3-9(8)12-5-1-4-11/h2-3,6,12H,1,4-5,11H2/p+1. The molecule has 0 aliphatic rings. The van der Waals surface area contributed by atoms with Gasteiger partial charge in [0.1, 0.15) is 0 Å². The summed E-state index contributed by atoms with van der Waals surface area (Å²) in [7, 11) is 0. The third kappa shape index (κ3) is 3.38. The second-order valence-electron chi connectivity index (χ2n) is 3.06. The summed E-state index contributed by atoms with van der Waals surface area (Å²) in [5, 5.41) is 13.9. The molecule has 6 heteroatoms. The first-order chi connectivity index (χ1) is 7.15. The molecule has 0 saturated carbocycles. The Morgan fingerprint density at radius 3 is 2.80 bits per heavy atom. The maximum Gasteiger partial charge on any atom is 0.271 e. The Kier molecular flexibility index (Phi) is 4.33. The van der Waals surface area contributed by atoms with E-state index in [1.807, 2.05) is 0 Å². The zero-order chi connectivity index (χ0) is 11.3. The van der Waals surface area contributed by atoms with E-state index in [0.717, 1.165) is 25.2 Å². The highest BCUT2D eigenvalue weighted by molar-refractivity contribution is 6.33. The SMILES string of the molecule is [NH3+]CCCNc1ccc([N+](=O)[O-])cc1Cl. The molecule has 0 fully saturated rings. The van der Waals surface area contributed by atoms with E-state index in [-0.39, 0.29) is 5.69 Å². The van der Waals surface area contributed by atoms with Gasteiger partial charge in [-0.1, -0.05) is 11.6 Å². The van der Waals surface area contributed by atoms with Crippen LogP contribution in [-0.4, -0.2) is 18.0 Å². The fraction of sp³-hybridized carbons (Fsp3) is 0.333. The Balaban J connectivity index is 2.70. The molecule has 0 amide bonds. The summed E-state index contributed by atoms with van der Waals surface area (Å²) in [6.07, 6.45) is 0.938. The molecule has 1 aromatic rings. The number of benzene rings is 1. The number of anilines is 1. The highest BCUT2D eigenvalue weighted by Gasteiger charge is 2.08. The number of halogens is 1. The zero-order valence-corrected chi connectivity index (χ0v) is 8.96. The van der Waals surface area contributed by atoms with Crippen LogP contribution in [0.5, 0.6) is 0 Å². The van der Waals surface area contributed by atoms with Crippen molar-refractivity contribution < 1.29 is 10.7 Å². The fourth-order valence-electron chi connectivity index (χ4n) is 1.11. The van der Waals surface area contributed by atoms with Gasteiger partial charge in [0, 0.05) is 25.1 Å². The first-order valence-electron chi connectivity index (χ1n) is 4.62. The van der Waals surface area contributed by atoms with Crippen LogP contribution < -0.4 is 11.1 Å². The largest absolute Gasteiger partial charge is 0.384 e. The molecule has 0 aliphatic carbocycles. The van der Waals surface area contributed by atoms with E-state index in [1.165, 1.54) is 12.1 Å². The molecular formula is C9H13ClN3O2+. The summed E-state index contributed by atoms with van der Waals surface area (Å²) in [4.78, 5) is 9.98. The number of nitrogens with one attached hydrogen (secondary N) is 1. The van der Waals surface area contributed by atoms with Crippen molar-refractivity contribution in [3.05, 3.63) is 33.3 Å². The molecule has 0 bridgehead atoms. The molecule has 0 unspecified atom stereocenters. The van der Waals surface area contributed by atoms with Crippen LogP contribution in [-0.2, 0) is 0 Å². The van der Waals surface area contributed by atoms with Crippen LogP contribution in [0.2, 0.25) is 5.02 Å². The van der Waals surface area contributed by atoms with Crippen LogP contribution in [0.3, 0.4) is 0 Å². The van der Waals surface area contributed by atoms with E-state index < -0.39 is 4.92 Å². The first-order valence-corrected chi connectivity index (χ1v) is 5.00. The van der Waals surface area contributed by atoms with Crippen molar-refractivity contribution in [3.8, 4) is 0 Å². The van der Waals surface area contributed by atoms with Crippen LogP contribution >= 0.6 is 11.6 Å². The normalized spacial score (nSPS) is 10.0. The van der Waals surface area contributed by atoms with E-state index in [2.05, 4.69) is 11.1 Å². The third-order valence-corrected chi connectivity index (χ3v) is 2.22. The second-order valence-corrected chi connectivity index (χ2v) is 3.46. The number of quaternary nitrogens is 1. The lowest BCUT2D eigenvalue weighted by molar-refractivity contribution is -0.384. The van der Waals surface area contributed by atoms with Crippen LogP contribution in [0.25, 0.3) is 0 Å². The lowest BCUT2D eigenvalue weighted by Gasteiger charge is -2.06. The van der Waals surface area contributed by atoms with E-state index in [9.17, 15) is 10.1 Å². The number of rotatable bonds is 5. The van der Waals surface area contributed by atoms with Gasteiger partial charge in [0.25, 0.3) is 5.69 Å². The van der Waals surface area contributed by atoms with Gasteiger partial charge in [-0.05, 0) is 6.07 Å². The second kappa shape index (κ2) is 5.53. The van der Waals surface area contributed by atoms with Gasteiger partial charge in [0.15, 0.2) is 0 Å². The molecule has 5 nitrogen and oxygen atoms in total. The topological polar surface area (TPSA) is 82.8 Å². The summed E-state index contributed by atoms with van der Waals surface area (Å²) in [5.74, 6) is 0. The number of hydrogen-bond donors (Lipinski definition) is 2. The molecular weight excluding hydrogens is 218 g/mol. The summed E-state index contributed by atoms with van der Waals surface area (Å²) in [6.45, 7) is 1.61. The Hall–Kier alpha value is -1.33. The number of nitro benzene ring substituents is 1. The molecule has 0 saturated heterocycles. The van der Waals surface area contributed by atoms with E-state index in [1.54, 1.807) is 6.07 Å². The van der Waals surface area contributed by atoms with Crippen molar-refractivity contribution >= 4 is 23.0 Å². The molecule has 0 radical (unpaired) electrons. The minimum atomic E-state index is -0.467. The summed E-state index contributed by atoms with van der Waals surface area (Å²) >= 11 is 5.87. The van der Waals surface area contributed by atoms with Crippen molar-refractivity contribution in [1.82, 2.24) is 0 Å². The number of nitro groups is 1. The van der Waals surface area contributed by atoms with Crippen LogP contribution in [0.4, 0.5) is 11.4 Å². The van der Waals surface area contributed by atoms with Crippen molar-refractivity contribution in [2.45, 2.75) is 6.42 Å². The maximum absolute atomic E-state index is 10.4. The molecule has 0 aliphatic heterocycles. The maximum atomic E-state index is 10.4. The van der Waals surface area contributed by atoms with E-state index in [0.29, 0.717) is 5.02 Å². The quantitative estimate of drug-likeness (QED) is 0.454. The summed E-state index contributed by atoms with van der Waals surface area (Å²) < 4.78 is 0. The molecule has 4 N–H and O–H groups in total. The Labute approximate surface area is 92.4 Å². The van der Waals surface area contributed by atoms with E-state index in [4.69, 9.17) is 11.6 Å². The van der Waals surface area contributed by atoms with Gasteiger partial charge in [0.2, 0.25) is 0 Å². The van der Waals surface area contributed by atoms with Crippen LogP contribution in [0.1, 0.15) is 6.42 Å². The van der Waals surface area contributed by atoms with Crippen molar-refractivity contribution in [2.24, 2.45) is 0 Å². The molecule has 0 aromatic heterocycles. The third-order valence-electron chi connectivity index (χ3n) is 1.91. The molecule has 1 rings (SSSR count). The van der Waals surface area contributed by atoms with E-state index >= 15 is 0 Å². The lowest BCUT2D eigenvalue weighted by atomic mass is 10.2. The van der Waals surface area contributed by atoms with Crippen molar-refractivity contribution in [2.75, 3.05) is 18.4 Å². The first kappa shape index (κ1) is 11.7. The molecule has 15 heavy (non-hydrogen) atoms.